The molecule has 22 heavy (non-hydrogen) atoms. The lowest BCUT2D eigenvalue weighted by atomic mass is 10.0. The minimum Gasteiger partial charge on any atom is -0.477 e. The maximum Gasteiger partial charge on any atom is 0.352 e. The van der Waals surface area contributed by atoms with Gasteiger partial charge in [-0.25, -0.2) is 4.79 Å². The molecular formula is C11H13N5O3S3. The average Bonchev–Trinajstić information content (AvgIpc) is 2.91. The summed E-state index contributed by atoms with van der Waals surface area (Å²) in [4.78, 5) is 24.6. The molecule has 0 saturated carbocycles. The third-order valence-electron chi connectivity index (χ3n) is 3.34. The van der Waals surface area contributed by atoms with Crippen LogP contribution in [0.1, 0.15) is 6.42 Å². The van der Waals surface area contributed by atoms with Gasteiger partial charge in [-0.15, -0.1) is 22.0 Å². The Morgan fingerprint density at radius 1 is 1.50 bits per heavy atom. The van der Waals surface area contributed by atoms with E-state index in [2.05, 4.69) is 10.2 Å². The summed E-state index contributed by atoms with van der Waals surface area (Å²) in [5.41, 5.74) is 12.1. The molecule has 2 aliphatic rings. The van der Waals surface area contributed by atoms with Crippen LogP contribution in [-0.2, 0) is 9.59 Å². The van der Waals surface area contributed by atoms with E-state index in [0.29, 0.717) is 23.1 Å². The molecule has 0 bridgehead atoms. The predicted octanol–water partition coefficient (Wildman–Crippen LogP) is 0.184. The molecule has 0 radical (unpaired) electrons. The minimum atomic E-state index is -1.08. The quantitative estimate of drug-likeness (QED) is 0.497. The van der Waals surface area contributed by atoms with Crippen LogP contribution in [0, 0.1) is 0 Å². The van der Waals surface area contributed by atoms with Gasteiger partial charge in [0.2, 0.25) is 11.0 Å². The van der Waals surface area contributed by atoms with E-state index in [1.807, 2.05) is 0 Å². The molecule has 0 spiro atoms. The van der Waals surface area contributed by atoms with Crippen LogP contribution in [0.5, 0.6) is 0 Å². The molecular weight excluding hydrogens is 346 g/mol. The molecule has 2 aliphatic heterocycles. The van der Waals surface area contributed by atoms with E-state index < -0.39 is 12.0 Å². The Morgan fingerprint density at radius 3 is 2.91 bits per heavy atom. The number of carboxylic acids is 1. The number of anilines is 1. The topological polar surface area (TPSA) is 135 Å². The molecule has 1 amide bonds. The number of amides is 1. The lowest BCUT2D eigenvalue weighted by molar-refractivity contribution is -0.148. The first-order chi connectivity index (χ1) is 10.5. The van der Waals surface area contributed by atoms with Crippen molar-refractivity contribution in [3.63, 3.8) is 0 Å². The fraction of sp³-hybridized carbons (Fsp3) is 0.455. The highest BCUT2D eigenvalue weighted by Crippen LogP contribution is 2.40. The van der Waals surface area contributed by atoms with Gasteiger partial charge < -0.3 is 16.6 Å². The van der Waals surface area contributed by atoms with E-state index in [1.165, 1.54) is 39.8 Å². The molecule has 5 N–H and O–H groups in total. The number of aromatic nitrogens is 2. The van der Waals surface area contributed by atoms with Crippen molar-refractivity contribution in [3.05, 3.63) is 11.3 Å². The van der Waals surface area contributed by atoms with Crippen LogP contribution >= 0.6 is 34.9 Å². The Hall–Kier alpha value is -1.30. The number of carbonyl (C=O) groups excluding carboxylic acids is 1. The van der Waals surface area contributed by atoms with E-state index in [-0.39, 0.29) is 17.0 Å². The zero-order valence-electron chi connectivity index (χ0n) is 11.3. The second kappa shape index (κ2) is 6.07. The van der Waals surface area contributed by atoms with Gasteiger partial charge in [0, 0.05) is 11.5 Å². The van der Waals surface area contributed by atoms with Crippen LogP contribution in [0.4, 0.5) is 5.13 Å². The predicted molar refractivity (Wildman–Crippen MR) is 85.4 cm³/mol. The van der Waals surface area contributed by atoms with Gasteiger partial charge in [-0.1, -0.05) is 23.1 Å². The summed E-state index contributed by atoms with van der Waals surface area (Å²) in [5.74, 6) is -0.176. The highest BCUT2D eigenvalue weighted by atomic mass is 32.2. The number of nitrogens with two attached hydrogens (primary N) is 2. The number of nitrogen functional groups attached to an aromatic ring is 1. The first-order valence-corrected chi connectivity index (χ1v) is 9.21. The van der Waals surface area contributed by atoms with Crippen LogP contribution in [0.2, 0.25) is 0 Å². The fourth-order valence-electron chi connectivity index (χ4n) is 2.31. The fourth-order valence-corrected chi connectivity index (χ4v) is 5.35. The number of carbonyl (C=O) groups is 2. The van der Waals surface area contributed by atoms with Gasteiger partial charge in [-0.3, -0.25) is 9.69 Å². The number of β-lactam (4-membered cyclic amide) rings is 1. The SMILES string of the molecule is Nc1nnc(SCCC2=C(C(=O)O)N3C(=O)[C@@H](N)[C@H]3SC2)s1. The van der Waals surface area contributed by atoms with E-state index in [0.717, 1.165) is 9.91 Å². The first kappa shape index (κ1) is 15.6. The van der Waals surface area contributed by atoms with E-state index in [4.69, 9.17) is 11.5 Å². The maximum atomic E-state index is 11.8. The first-order valence-electron chi connectivity index (χ1n) is 6.36. The standard InChI is InChI=1S/C11H13N5O3S3/c12-5-7(17)16-6(9(18)19)4(3-21-8(5)16)1-2-20-11-15-14-10(13)22-11/h5,8H,1-3,12H2,(H2,13,14)(H,18,19)/t5-,8-/m1/s1. The minimum absolute atomic E-state index is 0.0906. The van der Waals surface area contributed by atoms with Crippen LogP contribution in [0.25, 0.3) is 0 Å². The molecule has 3 rings (SSSR count). The Labute approximate surface area is 138 Å². The number of hydrogen-bond acceptors (Lipinski definition) is 9. The molecule has 1 aromatic rings. The van der Waals surface area contributed by atoms with E-state index >= 15 is 0 Å². The highest BCUT2D eigenvalue weighted by Gasteiger charge is 2.51. The molecule has 3 heterocycles. The van der Waals surface area contributed by atoms with Gasteiger partial charge in [-0.2, -0.15) is 0 Å². The Morgan fingerprint density at radius 2 is 2.27 bits per heavy atom. The number of rotatable bonds is 5. The van der Waals surface area contributed by atoms with Crippen molar-refractivity contribution in [2.24, 2.45) is 5.73 Å². The Kier molecular flexibility index (Phi) is 4.30. The average molecular weight is 359 g/mol. The number of hydrogen-bond donors (Lipinski definition) is 3. The molecule has 1 aromatic heterocycles. The molecule has 0 aromatic carbocycles. The lowest BCUT2D eigenvalue weighted by Crippen LogP contribution is -2.68. The summed E-state index contributed by atoms with van der Waals surface area (Å²) in [7, 11) is 0. The summed E-state index contributed by atoms with van der Waals surface area (Å²) in [5, 5.41) is 17.2. The summed E-state index contributed by atoms with van der Waals surface area (Å²) >= 11 is 4.27. The number of nitrogens with zero attached hydrogens (tertiary/aromatic N) is 3. The summed E-state index contributed by atoms with van der Waals surface area (Å²) in [6.07, 6.45) is 0.560. The molecule has 8 nitrogen and oxygen atoms in total. The Bertz CT molecular complexity index is 661. The van der Waals surface area contributed by atoms with Crippen molar-refractivity contribution in [1.82, 2.24) is 15.1 Å². The number of fused-ring (bicyclic) bond motifs is 1. The Balaban J connectivity index is 1.70. The van der Waals surface area contributed by atoms with Crippen LogP contribution in [0.15, 0.2) is 15.6 Å². The van der Waals surface area contributed by atoms with Crippen LogP contribution < -0.4 is 11.5 Å². The van der Waals surface area contributed by atoms with Gasteiger partial charge >= 0.3 is 5.97 Å². The normalized spacial score (nSPS) is 24.2. The van der Waals surface area contributed by atoms with Gasteiger partial charge in [0.15, 0.2) is 4.34 Å². The van der Waals surface area contributed by atoms with Gasteiger partial charge in [0.05, 0.1) is 0 Å². The largest absolute Gasteiger partial charge is 0.477 e. The molecule has 1 fully saturated rings. The van der Waals surface area contributed by atoms with Gasteiger partial charge in [-0.05, 0) is 12.0 Å². The molecule has 118 valence electrons. The smallest absolute Gasteiger partial charge is 0.352 e. The number of carboxylic acid groups (broad SMARTS) is 1. The second-order valence-corrected chi connectivity index (χ2v) is 8.15. The van der Waals surface area contributed by atoms with Gasteiger partial charge in [0.1, 0.15) is 17.1 Å². The van der Waals surface area contributed by atoms with Crippen molar-refractivity contribution in [3.8, 4) is 0 Å². The van der Waals surface area contributed by atoms with Crippen molar-refractivity contribution in [2.45, 2.75) is 22.2 Å². The van der Waals surface area contributed by atoms with Crippen LogP contribution in [0.3, 0.4) is 0 Å². The maximum absolute atomic E-state index is 11.8. The van der Waals surface area contributed by atoms with Crippen molar-refractivity contribution >= 4 is 51.9 Å². The van der Waals surface area contributed by atoms with Crippen LogP contribution in [-0.4, -0.2) is 55.0 Å². The lowest BCUT2D eigenvalue weighted by Gasteiger charge is -2.48. The molecule has 0 unspecified atom stereocenters. The third-order valence-corrected chi connectivity index (χ3v) is 6.59. The highest BCUT2D eigenvalue weighted by molar-refractivity contribution is 8.01. The number of thioether (sulfide) groups is 2. The second-order valence-electron chi connectivity index (χ2n) is 4.70. The number of aliphatic carboxylic acids is 1. The molecule has 0 aliphatic carbocycles. The van der Waals surface area contributed by atoms with E-state index in [9.17, 15) is 14.7 Å². The summed E-state index contributed by atoms with van der Waals surface area (Å²) in [6, 6.07) is -0.598. The van der Waals surface area contributed by atoms with Gasteiger partial charge in [0.25, 0.3) is 0 Å². The zero-order valence-corrected chi connectivity index (χ0v) is 13.7. The van der Waals surface area contributed by atoms with Crippen molar-refractivity contribution in [1.29, 1.82) is 0 Å². The summed E-state index contributed by atoms with van der Waals surface area (Å²) in [6.45, 7) is 0. The monoisotopic (exact) mass is 359 g/mol. The molecule has 11 heteroatoms. The van der Waals surface area contributed by atoms with Crippen molar-refractivity contribution < 1.29 is 14.7 Å². The third kappa shape index (κ3) is 2.69. The zero-order chi connectivity index (χ0) is 15.9. The van der Waals surface area contributed by atoms with E-state index in [1.54, 1.807) is 0 Å². The molecule has 2 atom stereocenters. The molecule has 1 saturated heterocycles. The van der Waals surface area contributed by atoms with Crippen molar-refractivity contribution in [2.75, 3.05) is 17.2 Å². The summed E-state index contributed by atoms with van der Waals surface area (Å²) < 4.78 is 0.748.